The number of aryl methyl sites for hydroxylation is 1. The largest absolute Gasteiger partial charge is 0.506 e. The molecule has 0 bridgehead atoms. The van der Waals surface area contributed by atoms with Gasteiger partial charge in [0.2, 0.25) is 0 Å². The summed E-state index contributed by atoms with van der Waals surface area (Å²) in [6, 6.07) is 17.6. The van der Waals surface area contributed by atoms with E-state index in [2.05, 4.69) is 0 Å². The molecule has 196 valence electrons. The number of rotatable bonds is 7. The first-order valence-electron chi connectivity index (χ1n) is 12.1. The van der Waals surface area contributed by atoms with E-state index in [1.165, 1.54) is 25.2 Å². The van der Waals surface area contributed by atoms with Crippen molar-refractivity contribution in [1.29, 1.82) is 0 Å². The fourth-order valence-electron chi connectivity index (χ4n) is 4.54. The Balaban J connectivity index is 1.96. The van der Waals surface area contributed by atoms with Crippen LogP contribution in [0.5, 0.6) is 11.5 Å². The van der Waals surface area contributed by atoms with Crippen LogP contribution >= 0.6 is 0 Å². The van der Waals surface area contributed by atoms with Crippen molar-refractivity contribution in [2.45, 2.75) is 32.9 Å². The number of carbonyl (C=O) groups is 3. The van der Waals surface area contributed by atoms with Crippen LogP contribution in [-0.2, 0) is 14.3 Å². The van der Waals surface area contributed by atoms with Gasteiger partial charge in [0.1, 0.15) is 22.8 Å². The van der Waals surface area contributed by atoms with Crippen molar-refractivity contribution in [3.63, 3.8) is 0 Å². The molecule has 3 aromatic carbocycles. The Morgan fingerprint density at radius 1 is 0.921 bits per heavy atom. The Morgan fingerprint density at radius 3 is 2.16 bits per heavy atom. The lowest BCUT2D eigenvalue weighted by molar-refractivity contribution is -0.132. The minimum absolute atomic E-state index is 0.126. The summed E-state index contributed by atoms with van der Waals surface area (Å²) in [5.41, 5.74) is 2.07. The van der Waals surface area contributed by atoms with Crippen molar-refractivity contribution in [1.82, 2.24) is 0 Å². The molecule has 1 fully saturated rings. The van der Waals surface area contributed by atoms with E-state index in [0.29, 0.717) is 11.3 Å². The number of ether oxygens (including phenoxy) is 3. The van der Waals surface area contributed by atoms with Crippen LogP contribution in [0.1, 0.15) is 46.9 Å². The summed E-state index contributed by atoms with van der Waals surface area (Å²) < 4.78 is 16.2. The highest BCUT2D eigenvalue weighted by Gasteiger charge is 2.47. The summed E-state index contributed by atoms with van der Waals surface area (Å²) in [4.78, 5) is 41.0. The van der Waals surface area contributed by atoms with Crippen molar-refractivity contribution in [2.24, 2.45) is 0 Å². The van der Waals surface area contributed by atoms with E-state index in [1.807, 2.05) is 25.1 Å². The standard InChI is InChI=1S/C30H29NO7/c1-17(2)38-30(35)20-11-7-12-21(16-20)31-26(19-10-6-9-18(3)15-19)25(28(33)29(31)34)27(32)24-22(36-4)13-8-14-23(24)37-5/h6-17,26,32H,1-5H3/b27-25+. The normalized spacial score (nSPS) is 16.6. The van der Waals surface area contributed by atoms with Gasteiger partial charge in [-0.05, 0) is 56.7 Å². The number of aliphatic hydroxyl groups is 1. The number of benzene rings is 3. The van der Waals surface area contributed by atoms with Crippen molar-refractivity contribution in [2.75, 3.05) is 19.1 Å². The summed E-state index contributed by atoms with van der Waals surface area (Å²) in [7, 11) is 2.87. The highest BCUT2D eigenvalue weighted by molar-refractivity contribution is 6.51. The van der Waals surface area contributed by atoms with Gasteiger partial charge in [0.25, 0.3) is 11.7 Å². The molecule has 8 nitrogen and oxygen atoms in total. The molecule has 1 aliphatic heterocycles. The molecule has 3 aromatic rings. The second-order valence-corrected chi connectivity index (χ2v) is 9.13. The Hall–Kier alpha value is -4.59. The first kappa shape index (κ1) is 26.5. The number of carbonyl (C=O) groups excluding carboxylic acids is 3. The maximum atomic E-state index is 13.6. The number of hydrogen-bond donors (Lipinski definition) is 1. The summed E-state index contributed by atoms with van der Waals surface area (Å²) in [5.74, 6) is -2.16. The molecule has 1 heterocycles. The smallest absolute Gasteiger partial charge is 0.338 e. The van der Waals surface area contributed by atoms with Crippen LogP contribution in [0, 0.1) is 6.92 Å². The molecule has 0 radical (unpaired) electrons. The van der Waals surface area contributed by atoms with Crippen LogP contribution in [0.15, 0.2) is 72.3 Å². The van der Waals surface area contributed by atoms with Crippen molar-refractivity contribution >= 4 is 29.1 Å². The molecule has 38 heavy (non-hydrogen) atoms. The van der Waals surface area contributed by atoms with E-state index in [4.69, 9.17) is 14.2 Å². The molecule has 8 heteroatoms. The predicted octanol–water partition coefficient (Wildman–Crippen LogP) is 5.20. The van der Waals surface area contributed by atoms with E-state index in [-0.39, 0.29) is 34.3 Å². The van der Waals surface area contributed by atoms with E-state index < -0.39 is 29.5 Å². The Labute approximate surface area is 221 Å². The lowest BCUT2D eigenvalue weighted by atomic mass is 9.93. The number of methoxy groups -OCH3 is 2. The zero-order valence-electron chi connectivity index (χ0n) is 21.8. The average molecular weight is 516 g/mol. The quantitative estimate of drug-likeness (QED) is 0.200. The van der Waals surface area contributed by atoms with Gasteiger partial charge in [-0.1, -0.05) is 42.0 Å². The van der Waals surface area contributed by atoms with Crippen molar-refractivity contribution < 1.29 is 33.7 Å². The van der Waals surface area contributed by atoms with Gasteiger partial charge in [0.05, 0.1) is 37.5 Å². The second-order valence-electron chi connectivity index (χ2n) is 9.13. The maximum Gasteiger partial charge on any atom is 0.338 e. The molecule has 1 N–H and O–H groups in total. The van der Waals surface area contributed by atoms with Crippen LogP contribution < -0.4 is 14.4 Å². The molecule has 0 saturated carbocycles. The molecule has 1 unspecified atom stereocenters. The molecule has 1 aliphatic rings. The van der Waals surface area contributed by atoms with E-state index >= 15 is 0 Å². The lowest BCUT2D eigenvalue weighted by Gasteiger charge is -2.26. The predicted molar refractivity (Wildman–Crippen MR) is 143 cm³/mol. The molecule has 1 atom stereocenters. The van der Waals surface area contributed by atoms with Gasteiger partial charge >= 0.3 is 5.97 Å². The number of hydrogen-bond acceptors (Lipinski definition) is 7. The van der Waals surface area contributed by atoms with Gasteiger partial charge in [-0.2, -0.15) is 0 Å². The number of Topliss-reactive ketones (excluding diaryl/α,β-unsaturated/α-hetero) is 1. The number of amides is 1. The number of ketones is 1. The molecule has 1 saturated heterocycles. The average Bonchev–Trinajstić information content (AvgIpc) is 3.17. The molecule has 0 spiro atoms. The summed E-state index contributed by atoms with van der Waals surface area (Å²) in [6.45, 7) is 5.37. The SMILES string of the molecule is COc1cccc(OC)c1/C(O)=C1\C(=O)C(=O)N(c2cccc(C(=O)OC(C)C)c2)C1c1cccc(C)c1. The van der Waals surface area contributed by atoms with E-state index in [1.54, 1.807) is 56.3 Å². The summed E-state index contributed by atoms with van der Waals surface area (Å²) in [5, 5.41) is 11.6. The van der Waals surface area contributed by atoms with Gasteiger partial charge in [-0.25, -0.2) is 4.79 Å². The number of nitrogens with zero attached hydrogens (tertiary/aromatic N) is 1. The first-order chi connectivity index (χ1) is 18.2. The highest BCUT2D eigenvalue weighted by atomic mass is 16.5. The minimum Gasteiger partial charge on any atom is -0.506 e. The molecule has 0 aliphatic carbocycles. The second kappa shape index (κ2) is 10.8. The van der Waals surface area contributed by atoms with Gasteiger partial charge in [-0.15, -0.1) is 0 Å². The third-order valence-corrected chi connectivity index (χ3v) is 6.17. The number of aliphatic hydroxyl groups excluding tert-OH is 1. The van der Waals surface area contributed by atoms with Gasteiger partial charge in [0.15, 0.2) is 0 Å². The van der Waals surface area contributed by atoms with Crippen LogP contribution in [0.25, 0.3) is 5.76 Å². The molecular weight excluding hydrogens is 486 g/mol. The first-order valence-corrected chi connectivity index (χ1v) is 12.1. The van der Waals surface area contributed by atoms with Crippen LogP contribution in [0.2, 0.25) is 0 Å². The summed E-state index contributed by atoms with van der Waals surface area (Å²) >= 11 is 0. The van der Waals surface area contributed by atoms with E-state index in [9.17, 15) is 19.5 Å². The van der Waals surface area contributed by atoms with Crippen molar-refractivity contribution in [3.05, 3.63) is 94.6 Å². The van der Waals surface area contributed by atoms with E-state index in [0.717, 1.165) is 5.56 Å². The Bertz CT molecular complexity index is 1420. The topological polar surface area (TPSA) is 102 Å². The Kier molecular flexibility index (Phi) is 7.52. The monoisotopic (exact) mass is 515 g/mol. The van der Waals surface area contributed by atoms with Crippen molar-refractivity contribution in [3.8, 4) is 11.5 Å². The molecule has 4 rings (SSSR count). The van der Waals surface area contributed by atoms with Crippen LogP contribution in [0.3, 0.4) is 0 Å². The lowest BCUT2D eigenvalue weighted by Crippen LogP contribution is -2.29. The van der Waals surface area contributed by atoms with Crippen LogP contribution in [0.4, 0.5) is 5.69 Å². The molecular formula is C30H29NO7. The zero-order valence-corrected chi connectivity index (χ0v) is 21.8. The van der Waals surface area contributed by atoms with Gasteiger partial charge in [0, 0.05) is 5.69 Å². The van der Waals surface area contributed by atoms with Gasteiger partial charge in [-0.3, -0.25) is 14.5 Å². The Morgan fingerprint density at radius 2 is 1.55 bits per heavy atom. The molecule has 1 amide bonds. The fourth-order valence-corrected chi connectivity index (χ4v) is 4.54. The summed E-state index contributed by atoms with van der Waals surface area (Å²) in [6.07, 6.45) is -0.330. The minimum atomic E-state index is -0.985. The molecule has 0 aromatic heterocycles. The third-order valence-electron chi connectivity index (χ3n) is 6.17. The highest BCUT2D eigenvalue weighted by Crippen LogP contribution is 2.45. The van der Waals surface area contributed by atoms with Crippen LogP contribution in [-0.4, -0.2) is 43.1 Å². The number of anilines is 1. The zero-order chi connectivity index (χ0) is 27.6. The third kappa shape index (κ3) is 4.85. The fraction of sp³-hybridized carbons (Fsp3) is 0.233. The van der Waals surface area contributed by atoms with Gasteiger partial charge < -0.3 is 19.3 Å². The maximum absolute atomic E-state index is 13.6. The number of esters is 1.